The summed E-state index contributed by atoms with van der Waals surface area (Å²) in [7, 11) is 3.38. The molecule has 30 heavy (non-hydrogen) atoms. The van der Waals surface area contributed by atoms with Crippen LogP contribution in [0.3, 0.4) is 0 Å². The van der Waals surface area contributed by atoms with Crippen LogP contribution in [0.1, 0.15) is 53.9 Å². The molecule has 1 unspecified atom stereocenters. The maximum absolute atomic E-state index is 5.61. The van der Waals surface area contributed by atoms with E-state index >= 15 is 0 Å². The molecule has 5 nitrogen and oxygen atoms in total. The average molecular weight is 404 g/mol. The van der Waals surface area contributed by atoms with Gasteiger partial charge < -0.3 is 9.47 Å². The van der Waals surface area contributed by atoms with Crippen molar-refractivity contribution in [3.05, 3.63) is 82.9 Å². The minimum atomic E-state index is 0.138. The van der Waals surface area contributed by atoms with Gasteiger partial charge in [-0.05, 0) is 35.2 Å². The van der Waals surface area contributed by atoms with E-state index in [0.717, 1.165) is 42.4 Å². The molecule has 4 rings (SSSR count). The summed E-state index contributed by atoms with van der Waals surface area (Å²) in [5.74, 6) is 2.78. The molecule has 5 heteroatoms. The van der Waals surface area contributed by atoms with Crippen LogP contribution in [0.2, 0.25) is 0 Å². The van der Waals surface area contributed by atoms with Gasteiger partial charge in [-0.2, -0.15) is 0 Å². The lowest BCUT2D eigenvalue weighted by Crippen LogP contribution is -2.35. The zero-order chi connectivity index (χ0) is 21.1. The molecule has 0 amide bonds. The fraction of sp³-hybridized carbons (Fsp3) is 0.360. The lowest BCUT2D eigenvalue weighted by atomic mass is 9.87. The molecule has 1 aliphatic rings. The van der Waals surface area contributed by atoms with Crippen molar-refractivity contribution in [1.29, 1.82) is 0 Å². The summed E-state index contributed by atoms with van der Waals surface area (Å²) in [6.45, 7) is 5.98. The van der Waals surface area contributed by atoms with Crippen molar-refractivity contribution in [3.63, 3.8) is 0 Å². The molecule has 2 heterocycles. The number of rotatable bonds is 6. The SMILES string of the molecule is COc1cc2c(cc1OC)C(c1ccccc1)N(Cc1cnc(C(C)C)nc1)CC2. The van der Waals surface area contributed by atoms with E-state index < -0.39 is 0 Å². The molecule has 0 radical (unpaired) electrons. The largest absolute Gasteiger partial charge is 0.493 e. The van der Waals surface area contributed by atoms with E-state index in [-0.39, 0.29) is 6.04 Å². The monoisotopic (exact) mass is 403 g/mol. The molecule has 0 fully saturated rings. The zero-order valence-corrected chi connectivity index (χ0v) is 18.1. The summed E-state index contributed by atoms with van der Waals surface area (Å²) in [5.41, 5.74) is 4.98. The highest BCUT2D eigenvalue weighted by Gasteiger charge is 2.30. The van der Waals surface area contributed by atoms with Crippen molar-refractivity contribution >= 4 is 0 Å². The first kappa shape index (κ1) is 20.4. The van der Waals surface area contributed by atoms with Gasteiger partial charge in [-0.25, -0.2) is 9.97 Å². The van der Waals surface area contributed by atoms with Gasteiger partial charge in [0.1, 0.15) is 5.82 Å². The Morgan fingerprint density at radius 2 is 1.67 bits per heavy atom. The molecule has 1 atom stereocenters. The van der Waals surface area contributed by atoms with Gasteiger partial charge in [0.2, 0.25) is 0 Å². The maximum Gasteiger partial charge on any atom is 0.161 e. The highest BCUT2D eigenvalue weighted by molar-refractivity contribution is 5.51. The van der Waals surface area contributed by atoms with Crippen LogP contribution >= 0.6 is 0 Å². The molecule has 0 N–H and O–H groups in total. The van der Waals surface area contributed by atoms with Crippen molar-refractivity contribution in [3.8, 4) is 11.5 Å². The van der Waals surface area contributed by atoms with Crippen LogP contribution in [0, 0.1) is 0 Å². The quantitative estimate of drug-likeness (QED) is 0.594. The standard InChI is InChI=1S/C25H29N3O2/c1-17(2)25-26-14-18(15-27-25)16-28-11-10-20-12-22(29-3)23(30-4)13-21(20)24(28)19-8-6-5-7-9-19/h5-9,12-15,17,24H,10-11,16H2,1-4H3. The Morgan fingerprint density at radius 3 is 2.30 bits per heavy atom. The van der Waals surface area contributed by atoms with Crippen LogP contribution in [0.4, 0.5) is 0 Å². The van der Waals surface area contributed by atoms with Crippen LogP contribution in [-0.2, 0) is 13.0 Å². The third-order valence-electron chi connectivity index (χ3n) is 5.72. The number of ether oxygens (including phenoxy) is 2. The number of hydrogen-bond acceptors (Lipinski definition) is 5. The van der Waals surface area contributed by atoms with E-state index in [2.05, 4.69) is 71.2 Å². The lowest BCUT2D eigenvalue weighted by Gasteiger charge is -2.38. The molecule has 0 aliphatic carbocycles. The number of hydrogen-bond donors (Lipinski definition) is 0. The van der Waals surface area contributed by atoms with Crippen molar-refractivity contribution in [2.24, 2.45) is 0 Å². The van der Waals surface area contributed by atoms with Gasteiger partial charge in [0, 0.05) is 37.0 Å². The van der Waals surface area contributed by atoms with E-state index in [1.165, 1.54) is 16.7 Å². The van der Waals surface area contributed by atoms with Gasteiger partial charge in [-0.3, -0.25) is 4.90 Å². The first-order chi connectivity index (χ1) is 14.6. The second-order valence-electron chi connectivity index (χ2n) is 8.04. The van der Waals surface area contributed by atoms with Crippen LogP contribution in [0.15, 0.2) is 54.9 Å². The maximum atomic E-state index is 5.61. The third-order valence-corrected chi connectivity index (χ3v) is 5.72. The molecule has 0 saturated carbocycles. The van der Waals surface area contributed by atoms with Gasteiger partial charge in [0.25, 0.3) is 0 Å². The molecule has 1 aliphatic heterocycles. The Kier molecular flexibility index (Phi) is 6.00. The third kappa shape index (κ3) is 4.03. The number of nitrogens with zero attached hydrogens (tertiary/aromatic N) is 3. The second-order valence-corrected chi connectivity index (χ2v) is 8.04. The first-order valence-corrected chi connectivity index (χ1v) is 10.4. The van der Waals surface area contributed by atoms with Gasteiger partial charge in [0.15, 0.2) is 11.5 Å². The van der Waals surface area contributed by atoms with E-state index in [0.29, 0.717) is 5.92 Å². The lowest BCUT2D eigenvalue weighted by molar-refractivity contribution is 0.203. The Bertz CT molecular complexity index is 987. The van der Waals surface area contributed by atoms with Gasteiger partial charge >= 0.3 is 0 Å². The Morgan fingerprint density at radius 1 is 1.00 bits per heavy atom. The van der Waals surface area contributed by atoms with E-state index in [1.807, 2.05) is 12.4 Å². The van der Waals surface area contributed by atoms with Crippen LogP contribution in [0.25, 0.3) is 0 Å². The summed E-state index contributed by atoms with van der Waals surface area (Å²) >= 11 is 0. The van der Waals surface area contributed by atoms with Crippen molar-refractivity contribution in [1.82, 2.24) is 14.9 Å². The molecule has 2 aromatic carbocycles. The van der Waals surface area contributed by atoms with Crippen LogP contribution < -0.4 is 9.47 Å². The molecule has 0 bridgehead atoms. The summed E-state index contributed by atoms with van der Waals surface area (Å²) in [4.78, 5) is 11.6. The highest BCUT2D eigenvalue weighted by Crippen LogP contribution is 2.41. The Hall–Kier alpha value is -2.92. The molecular weight excluding hydrogens is 374 g/mol. The fourth-order valence-corrected chi connectivity index (χ4v) is 4.17. The Labute approximate surface area is 178 Å². The first-order valence-electron chi connectivity index (χ1n) is 10.4. The highest BCUT2D eigenvalue weighted by atomic mass is 16.5. The molecule has 1 aromatic heterocycles. The Balaban J connectivity index is 1.72. The molecule has 0 saturated heterocycles. The van der Waals surface area contributed by atoms with E-state index in [1.54, 1.807) is 14.2 Å². The van der Waals surface area contributed by atoms with Crippen molar-refractivity contribution < 1.29 is 9.47 Å². The molecule has 0 spiro atoms. The fourth-order valence-electron chi connectivity index (χ4n) is 4.17. The summed E-state index contributed by atoms with van der Waals surface area (Å²) in [6, 6.07) is 15.1. The number of methoxy groups -OCH3 is 2. The predicted molar refractivity (Wildman–Crippen MR) is 118 cm³/mol. The van der Waals surface area contributed by atoms with Gasteiger partial charge in [-0.15, -0.1) is 0 Å². The van der Waals surface area contributed by atoms with Crippen LogP contribution in [-0.4, -0.2) is 35.6 Å². The topological polar surface area (TPSA) is 47.5 Å². The predicted octanol–water partition coefficient (Wildman–Crippen LogP) is 4.76. The normalized spacial score (nSPS) is 16.4. The zero-order valence-electron chi connectivity index (χ0n) is 18.1. The number of fused-ring (bicyclic) bond motifs is 1. The van der Waals surface area contributed by atoms with Crippen molar-refractivity contribution in [2.75, 3.05) is 20.8 Å². The molecular formula is C25H29N3O2. The molecule has 3 aromatic rings. The average Bonchev–Trinajstić information content (AvgIpc) is 2.79. The smallest absolute Gasteiger partial charge is 0.161 e. The summed E-state index contributed by atoms with van der Waals surface area (Å²) in [5, 5.41) is 0. The van der Waals surface area contributed by atoms with Crippen molar-refractivity contribution in [2.45, 2.75) is 38.8 Å². The van der Waals surface area contributed by atoms with Gasteiger partial charge in [0.05, 0.1) is 20.3 Å². The van der Waals surface area contributed by atoms with E-state index in [4.69, 9.17) is 9.47 Å². The summed E-state index contributed by atoms with van der Waals surface area (Å²) in [6.07, 6.45) is 4.90. The number of aromatic nitrogens is 2. The minimum Gasteiger partial charge on any atom is -0.493 e. The minimum absolute atomic E-state index is 0.138. The van der Waals surface area contributed by atoms with E-state index in [9.17, 15) is 0 Å². The summed E-state index contributed by atoms with van der Waals surface area (Å²) < 4.78 is 11.2. The number of benzene rings is 2. The second kappa shape index (κ2) is 8.84. The van der Waals surface area contributed by atoms with Gasteiger partial charge in [-0.1, -0.05) is 44.2 Å². The van der Waals surface area contributed by atoms with Crippen LogP contribution in [0.5, 0.6) is 11.5 Å². The molecule has 156 valence electrons.